The molecule has 2 rings (SSSR count). The molecule has 3 heteroatoms. The molecule has 3 atom stereocenters. The van der Waals surface area contributed by atoms with Gasteiger partial charge in [0.25, 0.3) is 0 Å². The van der Waals surface area contributed by atoms with Crippen LogP contribution in [0.2, 0.25) is 0 Å². The molecule has 0 fully saturated rings. The quantitative estimate of drug-likeness (QED) is 0.764. The fourth-order valence-corrected chi connectivity index (χ4v) is 3.69. The second-order valence-electron chi connectivity index (χ2n) is 6.10. The van der Waals surface area contributed by atoms with Crippen molar-refractivity contribution in [3.8, 4) is 0 Å². The van der Waals surface area contributed by atoms with E-state index >= 15 is 0 Å². The molecule has 2 aliphatic carbocycles. The van der Waals surface area contributed by atoms with Gasteiger partial charge < -0.3 is 5.11 Å². The normalized spacial score (nSPS) is 39.2. The molecule has 98 valence electrons. The van der Waals surface area contributed by atoms with E-state index in [4.69, 9.17) is 5.11 Å². The number of carbonyl (C=O) groups is 2. The van der Waals surface area contributed by atoms with Crippen LogP contribution in [0, 0.1) is 16.7 Å². The summed E-state index contributed by atoms with van der Waals surface area (Å²) in [6.45, 7) is 5.80. The van der Waals surface area contributed by atoms with Crippen LogP contribution >= 0.6 is 0 Å². The Labute approximate surface area is 108 Å². The zero-order valence-corrected chi connectivity index (χ0v) is 11.2. The molecule has 3 nitrogen and oxygen atoms in total. The van der Waals surface area contributed by atoms with E-state index in [1.54, 1.807) is 0 Å². The van der Waals surface area contributed by atoms with Crippen LogP contribution in [0.15, 0.2) is 23.8 Å². The third-order valence-electron chi connectivity index (χ3n) is 4.67. The van der Waals surface area contributed by atoms with Gasteiger partial charge in [0, 0.05) is 5.41 Å². The topological polar surface area (TPSA) is 54.4 Å². The van der Waals surface area contributed by atoms with Crippen molar-refractivity contribution in [1.82, 2.24) is 0 Å². The average Bonchev–Trinajstić information content (AvgIpc) is 2.24. The Hall–Kier alpha value is -1.38. The molecule has 0 heterocycles. The number of carboxylic acid groups (broad SMARTS) is 1. The van der Waals surface area contributed by atoms with Gasteiger partial charge in [0.05, 0.1) is 6.42 Å². The average molecular weight is 248 g/mol. The predicted molar refractivity (Wildman–Crippen MR) is 69.1 cm³/mol. The molecule has 3 unspecified atom stereocenters. The van der Waals surface area contributed by atoms with Crippen LogP contribution in [0.5, 0.6) is 0 Å². The van der Waals surface area contributed by atoms with Crippen LogP contribution in [0.1, 0.15) is 40.0 Å². The monoisotopic (exact) mass is 248 g/mol. The van der Waals surface area contributed by atoms with Gasteiger partial charge in [0.15, 0.2) is 5.78 Å². The van der Waals surface area contributed by atoms with Gasteiger partial charge in [0.1, 0.15) is 0 Å². The van der Waals surface area contributed by atoms with Crippen LogP contribution in [0.25, 0.3) is 0 Å². The zero-order chi connectivity index (χ0) is 13.6. The Morgan fingerprint density at radius 2 is 2.17 bits per heavy atom. The number of carbonyl (C=O) groups excluding carboxylic acids is 1. The predicted octanol–water partition coefficient (Wildman–Crippen LogP) is 2.97. The van der Waals surface area contributed by atoms with E-state index in [0.29, 0.717) is 0 Å². The van der Waals surface area contributed by atoms with Crippen molar-refractivity contribution in [3.63, 3.8) is 0 Å². The number of ketones is 1. The lowest BCUT2D eigenvalue weighted by Gasteiger charge is -2.49. The van der Waals surface area contributed by atoms with Gasteiger partial charge >= 0.3 is 5.97 Å². The number of allylic oxidation sites excluding steroid dienone is 4. The Balaban J connectivity index is 2.44. The highest BCUT2D eigenvalue weighted by atomic mass is 16.4. The summed E-state index contributed by atoms with van der Waals surface area (Å²) in [5.74, 6) is -0.535. The first-order valence-electron chi connectivity index (χ1n) is 6.41. The Bertz CT molecular complexity index is 460. The minimum Gasteiger partial charge on any atom is -0.481 e. The van der Waals surface area contributed by atoms with Crippen molar-refractivity contribution in [2.24, 2.45) is 16.7 Å². The summed E-state index contributed by atoms with van der Waals surface area (Å²) < 4.78 is 0. The van der Waals surface area contributed by atoms with Crippen LogP contribution in [0.4, 0.5) is 0 Å². The molecule has 18 heavy (non-hydrogen) atoms. The number of rotatable bonds is 2. The molecule has 0 aromatic heterocycles. The third kappa shape index (κ3) is 1.82. The van der Waals surface area contributed by atoms with Gasteiger partial charge in [-0.2, -0.15) is 0 Å². The maximum absolute atomic E-state index is 12.4. The summed E-state index contributed by atoms with van der Waals surface area (Å²) in [4.78, 5) is 23.5. The number of carboxylic acids is 1. The molecule has 0 spiro atoms. The minimum absolute atomic E-state index is 0.0855. The largest absolute Gasteiger partial charge is 0.481 e. The molecule has 0 saturated carbocycles. The third-order valence-corrected chi connectivity index (χ3v) is 4.67. The Morgan fingerprint density at radius 1 is 1.50 bits per heavy atom. The molecule has 0 aliphatic heterocycles. The second kappa shape index (κ2) is 4.08. The summed E-state index contributed by atoms with van der Waals surface area (Å²) in [5, 5.41) is 9.09. The molecule has 0 radical (unpaired) electrons. The first-order valence-corrected chi connectivity index (χ1v) is 6.41. The van der Waals surface area contributed by atoms with E-state index in [1.165, 1.54) is 0 Å². The lowest BCUT2D eigenvalue weighted by molar-refractivity contribution is -0.143. The van der Waals surface area contributed by atoms with Crippen molar-refractivity contribution in [2.75, 3.05) is 0 Å². The van der Waals surface area contributed by atoms with E-state index in [9.17, 15) is 9.59 Å². The van der Waals surface area contributed by atoms with Crippen LogP contribution in [-0.2, 0) is 9.59 Å². The van der Waals surface area contributed by atoms with Crippen molar-refractivity contribution in [1.29, 1.82) is 0 Å². The van der Waals surface area contributed by atoms with Gasteiger partial charge in [-0.15, -0.1) is 0 Å². The summed E-state index contributed by atoms with van der Waals surface area (Å²) in [7, 11) is 0. The fraction of sp³-hybridized carbons (Fsp3) is 0.600. The fourth-order valence-electron chi connectivity index (χ4n) is 3.69. The first kappa shape index (κ1) is 13.1. The number of aliphatic carboxylic acids is 1. The van der Waals surface area contributed by atoms with Crippen molar-refractivity contribution in [2.45, 2.75) is 40.0 Å². The van der Waals surface area contributed by atoms with E-state index in [1.807, 2.05) is 39.0 Å². The van der Waals surface area contributed by atoms with Crippen molar-refractivity contribution in [3.05, 3.63) is 23.8 Å². The maximum Gasteiger partial charge on any atom is 0.304 e. The van der Waals surface area contributed by atoms with Gasteiger partial charge in [0.2, 0.25) is 0 Å². The summed E-state index contributed by atoms with van der Waals surface area (Å²) in [6.07, 6.45) is 7.54. The van der Waals surface area contributed by atoms with Gasteiger partial charge in [-0.1, -0.05) is 32.1 Å². The molecule has 2 aliphatic rings. The van der Waals surface area contributed by atoms with Crippen molar-refractivity contribution < 1.29 is 14.7 Å². The second-order valence-corrected chi connectivity index (χ2v) is 6.10. The molecule has 0 aromatic carbocycles. The summed E-state index contributed by atoms with van der Waals surface area (Å²) >= 11 is 0. The van der Waals surface area contributed by atoms with Crippen LogP contribution < -0.4 is 0 Å². The van der Waals surface area contributed by atoms with Gasteiger partial charge in [-0.3, -0.25) is 9.59 Å². The molecular formula is C15H20O3. The summed E-state index contributed by atoms with van der Waals surface area (Å²) in [5.41, 5.74) is -0.0366. The zero-order valence-electron chi connectivity index (χ0n) is 11.2. The van der Waals surface area contributed by atoms with E-state index in [-0.39, 0.29) is 18.1 Å². The SMILES string of the molecule is CC1=CCC2C(C)(CC(=O)O)C=CCC2(C)C1=O. The Morgan fingerprint density at radius 3 is 2.78 bits per heavy atom. The standard InChI is InChI=1S/C15H20O3/c1-10-5-6-11-14(2,9-12(16)17)7-4-8-15(11,3)13(10)18/h4-5,7,11H,6,8-9H2,1-3H3,(H,16,17). The smallest absolute Gasteiger partial charge is 0.304 e. The maximum atomic E-state index is 12.4. The lowest BCUT2D eigenvalue weighted by Crippen LogP contribution is -2.48. The minimum atomic E-state index is -0.801. The van der Waals surface area contributed by atoms with E-state index in [0.717, 1.165) is 18.4 Å². The number of Topliss-reactive ketones (excluding diaryl/α,β-unsaturated/α-hetero) is 1. The first-order chi connectivity index (χ1) is 8.29. The molecule has 0 amide bonds. The highest BCUT2D eigenvalue weighted by molar-refractivity contribution is 6.00. The van der Waals surface area contributed by atoms with Crippen molar-refractivity contribution >= 4 is 11.8 Å². The molecular weight excluding hydrogens is 228 g/mol. The van der Waals surface area contributed by atoms with Gasteiger partial charge in [-0.25, -0.2) is 0 Å². The Kier molecular flexibility index (Phi) is 2.96. The van der Waals surface area contributed by atoms with E-state index in [2.05, 4.69) is 0 Å². The molecule has 0 saturated heterocycles. The number of fused-ring (bicyclic) bond motifs is 1. The van der Waals surface area contributed by atoms with Crippen LogP contribution in [0.3, 0.4) is 0 Å². The van der Waals surface area contributed by atoms with Crippen LogP contribution in [-0.4, -0.2) is 16.9 Å². The van der Waals surface area contributed by atoms with E-state index < -0.39 is 16.8 Å². The highest BCUT2D eigenvalue weighted by Crippen LogP contribution is 2.54. The summed E-state index contributed by atoms with van der Waals surface area (Å²) in [6, 6.07) is 0. The molecule has 1 N–H and O–H groups in total. The molecule has 0 aromatic rings. The van der Waals surface area contributed by atoms with Gasteiger partial charge in [-0.05, 0) is 36.7 Å². The lowest BCUT2D eigenvalue weighted by atomic mass is 9.53. The molecule has 0 bridgehead atoms. The number of hydrogen-bond donors (Lipinski definition) is 1. The number of hydrogen-bond acceptors (Lipinski definition) is 2. The highest BCUT2D eigenvalue weighted by Gasteiger charge is 2.52.